The molecule has 1 heterocycles. The highest BCUT2D eigenvalue weighted by Gasteiger charge is 2.15. The predicted molar refractivity (Wildman–Crippen MR) is 89.0 cm³/mol. The Labute approximate surface area is 142 Å². The number of carbonyl (C=O) groups excluding carboxylic acids is 2. The van der Waals surface area contributed by atoms with Crippen LogP contribution in [0.3, 0.4) is 0 Å². The fourth-order valence-corrected chi connectivity index (χ4v) is 2.22. The zero-order valence-corrected chi connectivity index (χ0v) is 13.2. The predicted octanol–water partition coefficient (Wildman–Crippen LogP) is 2.07. The lowest BCUT2D eigenvalue weighted by atomic mass is 10.2. The molecule has 2 aromatic carbocycles. The van der Waals surface area contributed by atoms with Crippen LogP contribution in [0.25, 0.3) is 5.69 Å². The van der Waals surface area contributed by atoms with Crippen LogP contribution in [-0.2, 0) is 0 Å². The second-order valence-corrected chi connectivity index (χ2v) is 5.27. The number of aryl methyl sites for hydroxylation is 1. The molecule has 0 radical (unpaired) electrons. The molecule has 7 nitrogen and oxygen atoms in total. The Morgan fingerprint density at radius 2 is 1.72 bits per heavy atom. The molecule has 3 aromatic rings. The lowest BCUT2D eigenvalue weighted by molar-refractivity contribution is 0.0997. The molecule has 0 spiro atoms. The minimum Gasteiger partial charge on any atom is -0.366 e. The molecule has 0 saturated heterocycles. The third-order valence-corrected chi connectivity index (χ3v) is 3.47. The number of nitrogens with two attached hydrogens (primary N) is 1. The first-order valence-corrected chi connectivity index (χ1v) is 7.35. The average Bonchev–Trinajstić information content (AvgIpc) is 2.98. The van der Waals surface area contributed by atoms with Crippen LogP contribution in [0.5, 0.6) is 0 Å². The minimum atomic E-state index is -0.548. The molecule has 0 aliphatic rings. The van der Waals surface area contributed by atoms with Crippen LogP contribution in [0.1, 0.15) is 26.8 Å². The SMILES string of the molecule is Cc1nc(C(=O)Nc2ccc(C(N)=O)cc2)nn1-c1ccc(F)cc1. The second-order valence-electron chi connectivity index (χ2n) is 5.27. The third-order valence-electron chi connectivity index (χ3n) is 3.47. The molecule has 3 rings (SSSR count). The van der Waals surface area contributed by atoms with E-state index >= 15 is 0 Å². The van der Waals surface area contributed by atoms with Crippen LogP contribution in [0, 0.1) is 12.7 Å². The summed E-state index contributed by atoms with van der Waals surface area (Å²) in [5.41, 5.74) is 6.58. The number of halogens is 1. The largest absolute Gasteiger partial charge is 0.366 e. The number of benzene rings is 2. The minimum absolute atomic E-state index is 0.0270. The summed E-state index contributed by atoms with van der Waals surface area (Å²) < 4.78 is 14.5. The zero-order chi connectivity index (χ0) is 18.0. The highest BCUT2D eigenvalue weighted by molar-refractivity contribution is 6.02. The van der Waals surface area contributed by atoms with E-state index in [4.69, 9.17) is 5.73 Å². The van der Waals surface area contributed by atoms with Crippen molar-refractivity contribution in [3.8, 4) is 5.69 Å². The maximum atomic E-state index is 13.0. The first-order valence-electron chi connectivity index (χ1n) is 7.35. The molecule has 0 unspecified atom stereocenters. The highest BCUT2D eigenvalue weighted by atomic mass is 19.1. The van der Waals surface area contributed by atoms with Gasteiger partial charge in [-0.15, -0.1) is 5.10 Å². The second kappa shape index (κ2) is 6.52. The molecule has 0 aliphatic carbocycles. The van der Waals surface area contributed by atoms with Gasteiger partial charge in [-0.3, -0.25) is 9.59 Å². The van der Waals surface area contributed by atoms with Crippen molar-refractivity contribution >= 4 is 17.5 Å². The Balaban J connectivity index is 1.80. The average molecular weight is 339 g/mol. The van der Waals surface area contributed by atoms with Crippen LogP contribution < -0.4 is 11.1 Å². The maximum Gasteiger partial charge on any atom is 0.295 e. The summed E-state index contributed by atoms with van der Waals surface area (Å²) in [6.07, 6.45) is 0. The van der Waals surface area contributed by atoms with Crippen molar-refractivity contribution in [1.29, 1.82) is 0 Å². The van der Waals surface area contributed by atoms with Crippen molar-refractivity contribution in [3.63, 3.8) is 0 Å². The topological polar surface area (TPSA) is 103 Å². The molecule has 0 aliphatic heterocycles. The van der Waals surface area contributed by atoms with Gasteiger partial charge in [0, 0.05) is 11.3 Å². The van der Waals surface area contributed by atoms with Gasteiger partial charge < -0.3 is 11.1 Å². The molecule has 3 N–H and O–H groups in total. The van der Waals surface area contributed by atoms with Gasteiger partial charge in [0.1, 0.15) is 11.6 Å². The number of anilines is 1. The zero-order valence-electron chi connectivity index (χ0n) is 13.2. The number of primary amides is 1. The van der Waals surface area contributed by atoms with Crippen LogP contribution in [-0.4, -0.2) is 26.6 Å². The van der Waals surface area contributed by atoms with Gasteiger partial charge in [-0.05, 0) is 55.5 Å². The van der Waals surface area contributed by atoms with E-state index < -0.39 is 11.8 Å². The Bertz CT molecular complexity index is 933. The molecule has 126 valence electrons. The number of amides is 2. The van der Waals surface area contributed by atoms with E-state index in [0.717, 1.165) is 0 Å². The first kappa shape index (κ1) is 16.3. The van der Waals surface area contributed by atoms with Gasteiger partial charge in [-0.2, -0.15) is 0 Å². The number of nitrogens with one attached hydrogen (secondary N) is 1. The van der Waals surface area contributed by atoms with E-state index in [-0.39, 0.29) is 11.6 Å². The summed E-state index contributed by atoms with van der Waals surface area (Å²) in [6.45, 7) is 1.69. The van der Waals surface area contributed by atoms with Crippen molar-refractivity contribution < 1.29 is 14.0 Å². The maximum absolute atomic E-state index is 13.0. The van der Waals surface area contributed by atoms with Gasteiger partial charge in [0.15, 0.2) is 0 Å². The molecular weight excluding hydrogens is 325 g/mol. The molecule has 1 aromatic heterocycles. The van der Waals surface area contributed by atoms with Gasteiger partial charge in [-0.25, -0.2) is 14.1 Å². The Morgan fingerprint density at radius 1 is 1.08 bits per heavy atom. The Kier molecular flexibility index (Phi) is 4.25. The van der Waals surface area contributed by atoms with Crippen LogP contribution >= 0.6 is 0 Å². The van der Waals surface area contributed by atoms with Crippen molar-refractivity contribution in [1.82, 2.24) is 14.8 Å². The highest BCUT2D eigenvalue weighted by Crippen LogP contribution is 2.13. The monoisotopic (exact) mass is 339 g/mol. The van der Waals surface area contributed by atoms with Gasteiger partial charge >= 0.3 is 0 Å². The molecule has 2 amide bonds. The molecule has 0 fully saturated rings. The molecule has 0 saturated carbocycles. The molecule has 25 heavy (non-hydrogen) atoms. The van der Waals surface area contributed by atoms with Gasteiger partial charge in [-0.1, -0.05) is 0 Å². The van der Waals surface area contributed by atoms with Crippen LogP contribution in [0.4, 0.5) is 10.1 Å². The number of aromatic nitrogens is 3. The third kappa shape index (κ3) is 3.52. The molecule has 8 heteroatoms. The fraction of sp³-hybridized carbons (Fsp3) is 0.0588. The fourth-order valence-electron chi connectivity index (χ4n) is 2.22. The lowest BCUT2D eigenvalue weighted by Gasteiger charge is -2.03. The summed E-state index contributed by atoms with van der Waals surface area (Å²) in [4.78, 5) is 27.4. The van der Waals surface area contributed by atoms with Crippen LogP contribution in [0.2, 0.25) is 0 Å². The number of rotatable bonds is 4. The van der Waals surface area contributed by atoms with E-state index in [1.807, 2.05) is 0 Å². The summed E-state index contributed by atoms with van der Waals surface area (Å²) in [5, 5.41) is 6.78. The van der Waals surface area contributed by atoms with Crippen molar-refractivity contribution in [2.24, 2.45) is 5.73 Å². The molecule has 0 atom stereocenters. The number of carbonyl (C=O) groups is 2. The van der Waals surface area contributed by atoms with Gasteiger partial charge in [0.2, 0.25) is 11.7 Å². The first-order chi connectivity index (χ1) is 11.9. The summed E-state index contributed by atoms with van der Waals surface area (Å²) in [5.74, 6) is -0.954. The Hall–Kier alpha value is -3.55. The van der Waals surface area contributed by atoms with E-state index in [2.05, 4.69) is 15.4 Å². The van der Waals surface area contributed by atoms with E-state index in [0.29, 0.717) is 22.8 Å². The quantitative estimate of drug-likeness (QED) is 0.759. The van der Waals surface area contributed by atoms with Gasteiger partial charge in [0.25, 0.3) is 5.91 Å². The number of nitrogens with zero attached hydrogens (tertiary/aromatic N) is 3. The lowest BCUT2D eigenvalue weighted by Crippen LogP contribution is -2.15. The number of hydrogen-bond acceptors (Lipinski definition) is 4. The standard InChI is InChI=1S/C17H14FN5O2/c1-10-20-16(22-23(10)14-8-4-12(18)5-9-14)17(25)21-13-6-2-11(3-7-13)15(19)24/h2-9H,1H3,(H2,19,24)(H,21,25). The van der Waals surface area contributed by atoms with E-state index in [9.17, 15) is 14.0 Å². The van der Waals surface area contributed by atoms with Gasteiger partial charge in [0.05, 0.1) is 5.69 Å². The van der Waals surface area contributed by atoms with E-state index in [1.165, 1.54) is 28.9 Å². The molecule has 0 bridgehead atoms. The smallest absolute Gasteiger partial charge is 0.295 e. The number of hydrogen-bond donors (Lipinski definition) is 2. The summed E-state index contributed by atoms with van der Waals surface area (Å²) in [7, 11) is 0. The normalized spacial score (nSPS) is 10.5. The van der Waals surface area contributed by atoms with Crippen LogP contribution in [0.15, 0.2) is 48.5 Å². The van der Waals surface area contributed by atoms with Crippen molar-refractivity contribution in [3.05, 3.63) is 71.6 Å². The molecular formula is C17H14FN5O2. The summed E-state index contributed by atoms with van der Waals surface area (Å²) in [6, 6.07) is 11.8. The van der Waals surface area contributed by atoms with E-state index in [1.54, 1.807) is 31.2 Å². The Morgan fingerprint density at radius 3 is 2.32 bits per heavy atom. The van der Waals surface area contributed by atoms with Crippen molar-refractivity contribution in [2.75, 3.05) is 5.32 Å². The van der Waals surface area contributed by atoms with Crippen molar-refractivity contribution in [2.45, 2.75) is 6.92 Å². The summed E-state index contributed by atoms with van der Waals surface area (Å²) >= 11 is 0.